The topological polar surface area (TPSA) is 71.1 Å². The van der Waals surface area contributed by atoms with E-state index < -0.39 is 0 Å². The first-order chi connectivity index (χ1) is 12.9. The maximum atomic E-state index is 12.4. The summed E-state index contributed by atoms with van der Waals surface area (Å²) in [5.41, 5.74) is 5.65. The fourth-order valence-corrected chi connectivity index (χ4v) is 2.57. The molecule has 0 aliphatic heterocycles. The minimum absolute atomic E-state index is 0.0300. The molecule has 0 fully saturated rings. The second-order valence-electron chi connectivity index (χ2n) is 6.44. The summed E-state index contributed by atoms with van der Waals surface area (Å²) in [6, 6.07) is 16.4. The molecule has 27 heavy (non-hydrogen) atoms. The molecule has 136 valence electrons. The lowest BCUT2D eigenvalue weighted by atomic mass is 10.1. The monoisotopic (exact) mass is 359 g/mol. The summed E-state index contributed by atoms with van der Waals surface area (Å²) in [5, 5.41) is 6.05. The van der Waals surface area contributed by atoms with Crippen LogP contribution < -0.4 is 10.6 Å². The van der Waals surface area contributed by atoms with Gasteiger partial charge in [0.05, 0.1) is 11.9 Å². The molecule has 0 saturated heterocycles. The van der Waals surface area contributed by atoms with E-state index in [4.69, 9.17) is 0 Å². The highest BCUT2D eigenvalue weighted by Gasteiger charge is 2.08. The molecule has 5 heteroatoms. The number of benzene rings is 2. The molecule has 0 aliphatic rings. The van der Waals surface area contributed by atoms with Crippen molar-refractivity contribution in [2.75, 3.05) is 10.6 Å². The third-order valence-corrected chi connectivity index (χ3v) is 4.34. The van der Waals surface area contributed by atoms with Gasteiger partial charge in [-0.1, -0.05) is 6.07 Å². The van der Waals surface area contributed by atoms with E-state index in [1.165, 1.54) is 12.5 Å². The van der Waals surface area contributed by atoms with Gasteiger partial charge >= 0.3 is 0 Å². The minimum Gasteiger partial charge on any atom is -0.354 e. The number of aromatic nitrogens is 1. The van der Waals surface area contributed by atoms with Gasteiger partial charge < -0.3 is 10.6 Å². The zero-order chi connectivity index (χ0) is 19.4. The van der Waals surface area contributed by atoms with Gasteiger partial charge in [-0.05, 0) is 80.4 Å². The van der Waals surface area contributed by atoms with Gasteiger partial charge in [-0.3, -0.25) is 9.59 Å². The van der Waals surface area contributed by atoms with Gasteiger partial charge in [0.1, 0.15) is 5.69 Å². The molecule has 0 saturated carbocycles. The lowest BCUT2D eigenvalue weighted by Crippen LogP contribution is -2.13. The van der Waals surface area contributed by atoms with Crippen LogP contribution in [0.15, 0.2) is 60.8 Å². The lowest BCUT2D eigenvalue weighted by Gasteiger charge is -2.09. The van der Waals surface area contributed by atoms with Crippen LogP contribution in [-0.4, -0.2) is 16.7 Å². The number of amides is 1. The van der Waals surface area contributed by atoms with Gasteiger partial charge in [0.25, 0.3) is 5.91 Å². The molecule has 3 aromatic rings. The van der Waals surface area contributed by atoms with Gasteiger partial charge in [-0.25, -0.2) is 4.98 Å². The Hall–Kier alpha value is -3.47. The highest BCUT2D eigenvalue weighted by molar-refractivity contribution is 6.03. The Kier molecular flexibility index (Phi) is 5.31. The number of anilines is 3. The predicted octanol–water partition coefficient (Wildman–Crippen LogP) is 4.90. The molecule has 1 aromatic heterocycles. The van der Waals surface area contributed by atoms with E-state index in [2.05, 4.69) is 15.6 Å². The summed E-state index contributed by atoms with van der Waals surface area (Å²) in [7, 11) is 0. The zero-order valence-corrected chi connectivity index (χ0v) is 15.5. The molecule has 0 bridgehead atoms. The van der Waals surface area contributed by atoms with Crippen molar-refractivity contribution in [1.82, 2.24) is 4.98 Å². The Morgan fingerprint density at radius 1 is 0.815 bits per heavy atom. The molecular formula is C22H21N3O2. The normalized spacial score (nSPS) is 10.3. The first-order valence-corrected chi connectivity index (χ1v) is 8.65. The number of carbonyl (C=O) groups is 2. The van der Waals surface area contributed by atoms with Crippen molar-refractivity contribution in [3.8, 4) is 0 Å². The summed E-state index contributed by atoms with van der Waals surface area (Å²) in [5.74, 6) is -0.224. The van der Waals surface area contributed by atoms with Crippen LogP contribution >= 0.6 is 0 Å². The minimum atomic E-state index is -0.254. The fraction of sp³-hybridized carbons (Fsp3) is 0.136. The van der Waals surface area contributed by atoms with E-state index >= 15 is 0 Å². The molecule has 0 unspecified atom stereocenters. The van der Waals surface area contributed by atoms with Crippen molar-refractivity contribution >= 4 is 28.8 Å². The Balaban J connectivity index is 1.66. The average molecular weight is 359 g/mol. The van der Waals surface area contributed by atoms with Crippen molar-refractivity contribution in [2.24, 2.45) is 0 Å². The first kappa shape index (κ1) is 18.3. The van der Waals surface area contributed by atoms with Gasteiger partial charge in [-0.2, -0.15) is 0 Å². The molecule has 1 heterocycles. The van der Waals surface area contributed by atoms with E-state index in [9.17, 15) is 9.59 Å². The third kappa shape index (κ3) is 4.58. The summed E-state index contributed by atoms with van der Waals surface area (Å²) in [6.45, 7) is 5.57. The van der Waals surface area contributed by atoms with E-state index in [-0.39, 0.29) is 11.7 Å². The standard InChI is InChI=1S/C22H21N3O2/c1-14-4-7-19(12-15(14)2)25-22(27)21-11-10-20(13-23-21)24-18-8-5-17(6-9-18)16(3)26/h4-13,24H,1-3H3,(H,25,27). The van der Waals surface area contributed by atoms with Crippen LogP contribution in [0.1, 0.15) is 38.9 Å². The number of nitrogens with zero attached hydrogens (tertiary/aromatic N) is 1. The van der Waals surface area contributed by atoms with Crippen molar-refractivity contribution < 1.29 is 9.59 Å². The molecule has 0 radical (unpaired) electrons. The summed E-state index contributed by atoms with van der Waals surface area (Å²) < 4.78 is 0. The van der Waals surface area contributed by atoms with Gasteiger partial charge in [-0.15, -0.1) is 0 Å². The van der Waals surface area contributed by atoms with Crippen LogP contribution in [0.2, 0.25) is 0 Å². The third-order valence-electron chi connectivity index (χ3n) is 4.34. The molecule has 0 spiro atoms. The van der Waals surface area contributed by atoms with E-state index in [0.717, 1.165) is 22.6 Å². The Morgan fingerprint density at radius 3 is 2.07 bits per heavy atom. The summed E-state index contributed by atoms with van der Waals surface area (Å²) in [6.07, 6.45) is 1.61. The Labute approximate surface area is 158 Å². The quantitative estimate of drug-likeness (QED) is 0.636. The maximum Gasteiger partial charge on any atom is 0.274 e. The summed E-state index contributed by atoms with van der Waals surface area (Å²) in [4.78, 5) is 27.9. The second kappa shape index (κ2) is 7.83. The second-order valence-corrected chi connectivity index (χ2v) is 6.44. The fourth-order valence-electron chi connectivity index (χ4n) is 2.57. The Bertz CT molecular complexity index is 977. The molecule has 3 rings (SSSR count). The number of ketones is 1. The molecular weight excluding hydrogens is 338 g/mol. The van der Waals surface area contributed by atoms with Gasteiger partial charge in [0.15, 0.2) is 5.78 Å². The number of hydrogen-bond acceptors (Lipinski definition) is 4. The number of nitrogens with one attached hydrogen (secondary N) is 2. The first-order valence-electron chi connectivity index (χ1n) is 8.65. The molecule has 2 N–H and O–H groups in total. The van der Waals surface area contributed by atoms with E-state index in [1.54, 1.807) is 30.5 Å². The number of Topliss-reactive ketones (excluding diaryl/α,β-unsaturated/α-hetero) is 1. The maximum absolute atomic E-state index is 12.4. The summed E-state index contributed by atoms with van der Waals surface area (Å²) >= 11 is 0. The van der Waals surface area contributed by atoms with Crippen LogP contribution in [0.3, 0.4) is 0 Å². The van der Waals surface area contributed by atoms with Crippen molar-refractivity contribution in [3.05, 3.63) is 83.2 Å². The predicted molar refractivity (Wildman–Crippen MR) is 108 cm³/mol. The average Bonchev–Trinajstić information content (AvgIpc) is 2.66. The number of carbonyl (C=O) groups excluding carboxylic acids is 2. The number of aryl methyl sites for hydroxylation is 2. The largest absolute Gasteiger partial charge is 0.354 e. The van der Waals surface area contributed by atoms with Crippen LogP contribution in [0.4, 0.5) is 17.1 Å². The number of rotatable bonds is 5. The molecule has 5 nitrogen and oxygen atoms in total. The van der Waals surface area contributed by atoms with Crippen LogP contribution in [-0.2, 0) is 0 Å². The number of pyridine rings is 1. The molecule has 0 aliphatic carbocycles. The Morgan fingerprint density at radius 2 is 1.48 bits per heavy atom. The smallest absolute Gasteiger partial charge is 0.274 e. The van der Waals surface area contributed by atoms with E-state index in [0.29, 0.717) is 11.3 Å². The van der Waals surface area contributed by atoms with Crippen molar-refractivity contribution in [2.45, 2.75) is 20.8 Å². The van der Waals surface area contributed by atoms with Gasteiger partial charge in [0, 0.05) is 16.9 Å². The van der Waals surface area contributed by atoms with Crippen LogP contribution in [0.25, 0.3) is 0 Å². The molecule has 2 aromatic carbocycles. The molecule has 1 amide bonds. The number of hydrogen-bond donors (Lipinski definition) is 2. The van der Waals surface area contributed by atoms with Gasteiger partial charge in [0.2, 0.25) is 0 Å². The SMILES string of the molecule is CC(=O)c1ccc(Nc2ccc(C(=O)Nc3ccc(C)c(C)c3)nc2)cc1. The van der Waals surface area contributed by atoms with Crippen LogP contribution in [0, 0.1) is 13.8 Å². The lowest BCUT2D eigenvalue weighted by molar-refractivity contribution is 0.101. The molecule has 0 atom stereocenters. The highest BCUT2D eigenvalue weighted by Crippen LogP contribution is 2.18. The zero-order valence-electron chi connectivity index (χ0n) is 15.5. The van der Waals surface area contributed by atoms with E-state index in [1.807, 2.05) is 44.2 Å². The van der Waals surface area contributed by atoms with Crippen molar-refractivity contribution in [1.29, 1.82) is 0 Å². The highest BCUT2D eigenvalue weighted by atomic mass is 16.2. The van der Waals surface area contributed by atoms with Crippen LogP contribution in [0.5, 0.6) is 0 Å². The van der Waals surface area contributed by atoms with Crippen molar-refractivity contribution in [3.63, 3.8) is 0 Å².